The van der Waals surface area contributed by atoms with E-state index in [2.05, 4.69) is 10.3 Å². The van der Waals surface area contributed by atoms with Gasteiger partial charge in [0.1, 0.15) is 16.7 Å². The number of rotatable bonds is 6. The number of thiazole rings is 1. The normalized spacial score (nSPS) is 20.3. The maximum absolute atomic E-state index is 13.3. The van der Waals surface area contributed by atoms with Crippen molar-refractivity contribution in [3.05, 3.63) is 64.1 Å². The van der Waals surface area contributed by atoms with E-state index in [9.17, 15) is 9.59 Å². The van der Waals surface area contributed by atoms with E-state index in [-0.39, 0.29) is 18.6 Å². The maximum atomic E-state index is 13.3. The lowest BCUT2D eigenvalue weighted by atomic mass is 9.88. The summed E-state index contributed by atoms with van der Waals surface area (Å²) in [5, 5.41) is 7.59. The van der Waals surface area contributed by atoms with Crippen LogP contribution in [0.2, 0.25) is 0 Å². The van der Waals surface area contributed by atoms with Crippen LogP contribution in [0.3, 0.4) is 0 Å². The molecule has 2 unspecified atom stereocenters. The molecule has 0 radical (unpaired) electrons. The van der Waals surface area contributed by atoms with E-state index in [1.54, 1.807) is 6.92 Å². The van der Waals surface area contributed by atoms with E-state index in [0.29, 0.717) is 12.3 Å². The smallest absolute Gasteiger partial charge is 0.325 e. The van der Waals surface area contributed by atoms with Crippen molar-refractivity contribution in [3.63, 3.8) is 0 Å². The lowest BCUT2D eigenvalue weighted by Gasteiger charge is -2.24. The number of hydrogen-bond donors (Lipinski definition) is 1. The molecule has 0 bridgehead atoms. The highest BCUT2D eigenvalue weighted by Gasteiger charge is 2.49. The van der Waals surface area contributed by atoms with Crippen LogP contribution in [0.1, 0.15) is 43.1 Å². The SMILES string of the molecule is CCOC(C)c1nc(CN2C(=O)NC(C)(c3cccc4ccccc34)C2=O)cs1. The van der Waals surface area contributed by atoms with Crippen LogP contribution in [0.25, 0.3) is 10.8 Å². The fourth-order valence-corrected chi connectivity index (χ4v) is 4.56. The number of benzene rings is 2. The molecule has 1 N–H and O–H groups in total. The van der Waals surface area contributed by atoms with Gasteiger partial charge >= 0.3 is 6.03 Å². The van der Waals surface area contributed by atoms with Crippen LogP contribution in [0, 0.1) is 0 Å². The fourth-order valence-electron chi connectivity index (χ4n) is 3.75. The molecule has 0 spiro atoms. The summed E-state index contributed by atoms with van der Waals surface area (Å²) in [5.74, 6) is -0.272. The summed E-state index contributed by atoms with van der Waals surface area (Å²) < 4.78 is 5.57. The molecule has 2 heterocycles. The van der Waals surface area contributed by atoms with E-state index in [0.717, 1.165) is 21.3 Å². The molecule has 2 aromatic carbocycles. The van der Waals surface area contributed by atoms with Crippen molar-refractivity contribution in [2.75, 3.05) is 6.61 Å². The molecule has 1 aliphatic rings. The minimum absolute atomic E-state index is 0.109. The topological polar surface area (TPSA) is 71.5 Å². The summed E-state index contributed by atoms with van der Waals surface area (Å²) in [7, 11) is 0. The van der Waals surface area contributed by atoms with Crippen molar-refractivity contribution in [2.45, 2.75) is 39.0 Å². The third-order valence-electron chi connectivity index (χ3n) is 5.26. The minimum Gasteiger partial charge on any atom is -0.372 e. The third-order valence-corrected chi connectivity index (χ3v) is 6.31. The van der Waals surface area contributed by atoms with Gasteiger partial charge in [0, 0.05) is 12.0 Å². The molecule has 3 aromatic rings. The van der Waals surface area contributed by atoms with E-state index in [1.807, 2.05) is 61.7 Å². The Morgan fingerprint density at radius 2 is 1.97 bits per heavy atom. The van der Waals surface area contributed by atoms with Crippen molar-refractivity contribution in [3.8, 4) is 0 Å². The molecule has 3 amide bonds. The highest BCUT2D eigenvalue weighted by molar-refractivity contribution is 7.09. The number of carbonyl (C=O) groups excluding carboxylic acids is 2. The van der Waals surface area contributed by atoms with Crippen molar-refractivity contribution >= 4 is 34.0 Å². The minimum atomic E-state index is -1.12. The van der Waals surface area contributed by atoms with Crippen molar-refractivity contribution < 1.29 is 14.3 Å². The average Bonchev–Trinajstić information content (AvgIpc) is 3.27. The maximum Gasteiger partial charge on any atom is 0.325 e. The summed E-state index contributed by atoms with van der Waals surface area (Å²) in [5.41, 5.74) is 0.359. The van der Waals surface area contributed by atoms with Gasteiger partial charge in [-0.05, 0) is 37.1 Å². The number of amides is 3. The number of ether oxygens (including phenoxy) is 1. The molecule has 0 saturated carbocycles. The highest BCUT2D eigenvalue weighted by Crippen LogP contribution is 2.34. The Hall–Kier alpha value is -2.77. The van der Waals surface area contributed by atoms with Crippen molar-refractivity contribution in [1.29, 1.82) is 0 Å². The molecule has 1 saturated heterocycles. The molecule has 1 aliphatic heterocycles. The molecule has 4 rings (SSSR count). The van der Waals surface area contributed by atoms with Crippen LogP contribution in [0.5, 0.6) is 0 Å². The van der Waals surface area contributed by atoms with Crippen LogP contribution in [-0.4, -0.2) is 28.4 Å². The Balaban J connectivity index is 1.62. The number of nitrogens with zero attached hydrogens (tertiary/aromatic N) is 2. The van der Waals surface area contributed by atoms with E-state index in [4.69, 9.17) is 4.74 Å². The fraction of sp³-hybridized carbons (Fsp3) is 0.318. The summed E-state index contributed by atoms with van der Waals surface area (Å²) in [6.45, 7) is 6.38. The van der Waals surface area contributed by atoms with Crippen LogP contribution in [0.4, 0.5) is 4.79 Å². The Kier molecular flexibility index (Phi) is 5.10. The lowest BCUT2D eigenvalue weighted by Crippen LogP contribution is -2.41. The largest absolute Gasteiger partial charge is 0.372 e. The first-order valence-electron chi connectivity index (χ1n) is 9.62. The van der Waals surface area contributed by atoms with Crippen LogP contribution < -0.4 is 5.32 Å². The van der Waals surface area contributed by atoms with Crippen LogP contribution >= 0.6 is 11.3 Å². The van der Waals surface area contributed by atoms with Gasteiger partial charge in [-0.3, -0.25) is 9.69 Å². The molecule has 0 aliphatic carbocycles. The van der Waals surface area contributed by atoms with Crippen LogP contribution in [-0.2, 0) is 21.6 Å². The van der Waals surface area contributed by atoms with Gasteiger partial charge in [-0.15, -0.1) is 11.3 Å². The summed E-state index contributed by atoms with van der Waals surface area (Å²) in [6, 6.07) is 13.3. The number of imide groups is 1. The van der Waals surface area contributed by atoms with E-state index < -0.39 is 11.6 Å². The van der Waals surface area contributed by atoms with Gasteiger partial charge in [0.25, 0.3) is 5.91 Å². The molecular weight excluding hydrogens is 386 g/mol. The molecule has 29 heavy (non-hydrogen) atoms. The Labute approximate surface area is 173 Å². The number of aromatic nitrogens is 1. The zero-order valence-corrected chi connectivity index (χ0v) is 17.5. The molecule has 6 nitrogen and oxygen atoms in total. The van der Waals surface area contributed by atoms with E-state index in [1.165, 1.54) is 16.2 Å². The molecule has 1 fully saturated rings. The first-order chi connectivity index (χ1) is 13.9. The highest BCUT2D eigenvalue weighted by atomic mass is 32.1. The monoisotopic (exact) mass is 409 g/mol. The molecule has 2 atom stereocenters. The van der Waals surface area contributed by atoms with Crippen molar-refractivity contribution in [2.24, 2.45) is 0 Å². The van der Waals surface area contributed by atoms with Gasteiger partial charge in [-0.25, -0.2) is 9.78 Å². The van der Waals surface area contributed by atoms with Crippen LogP contribution in [0.15, 0.2) is 47.8 Å². The predicted octanol–water partition coefficient (Wildman–Crippen LogP) is 4.36. The molecule has 1 aromatic heterocycles. The van der Waals surface area contributed by atoms with Gasteiger partial charge in [-0.2, -0.15) is 0 Å². The summed E-state index contributed by atoms with van der Waals surface area (Å²) in [4.78, 5) is 31.8. The zero-order chi connectivity index (χ0) is 20.6. The third kappa shape index (κ3) is 3.41. The number of urea groups is 1. The Bertz CT molecular complexity index is 1070. The molecule has 7 heteroatoms. The number of fused-ring (bicyclic) bond motifs is 1. The van der Waals surface area contributed by atoms with Gasteiger partial charge in [-0.1, -0.05) is 42.5 Å². The summed E-state index contributed by atoms with van der Waals surface area (Å²) >= 11 is 1.48. The second-order valence-corrected chi connectivity index (χ2v) is 8.14. The lowest BCUT2D eigenvalue weighted by molar-refractivity contribution is -0.131. The second kappa shape index (κ2) is 7.57. The first-order valence-corrected chi connectivity index (χ1v) is 10.5. The second-order valence-electron chi connectivity index (χ2n) is 7.25. The first kappa shape index (κ1) is 19.5. The van der Waals surface area contributed by atoms with E-state index >= 15 is 0 Å². The zero-order valence-electron chi connectivity index (χ0n) is 16.6. The Morgan fingerprint density at radius 3 is 2.76 bits per heavy atom. The summed E-state index contributed by atoms with van der Waals surface area (Å²) in [6.07, 6.45) is -0.109. The van der Waals surface area contributed by atoms with Gasteiger partial charge in [0.2, 0.25) is 0 Å². The number of nitrogens with one attached hydrogen (secondary N) is 1. The van der Waals surface area contributed by atoms with Crippen molar-refractivity contribution in [1.82, 2.24) is 15.2 Å². The average molecular weight is 410 g/mol. The van der Waals surface area contributed by atoms with Gasteiger partial charge in [0.15, 0.2) is 0 Å². The molecule has 150 valence electrons. The Morgan fingerprint density at radius 1 is 1.21 bits per heavy atom. The quantitative estimate of drug-likeness (QED) is 0.614. The standard InChI is InChI=1S/C22H23N3O3S/c1-4-28-14(2)19-23-16(13-29-19)12-25-20(26)22(3,24-21(25)27)18-11-7-9-15-8-5-6-10-17(15)18/h5-11,13-14H,4,12H2,1-3H3,(H,24,27). The predicted molar refractivity (Wildman–Crippen MR) is 113 cm³/mol. The number of hydrogen-bond acceptors (Lipinski definition) is 5. The number of carbonyl (C=O) groups is 2. The molecular formula is C22H23N3O3S. The van der Waals surface area contributed by atoms with Gasteiger partial charge in [0.05, 0.1) is 12.2 Å². The van der Waals surface area contributed by atoms with Gasteiger partial charge < -0.3 is 10.1 Å².